The second-order valence-corrected chi connectivity index (χ2v) is 6.12. The van der Waals surface area contributed by atoms with E-state index in [1.54, 1.807) is 23.0 Å². The van der Waals surface area contributed by atoms with Gasteiger partial charge < -0.3 is 4.98 Å². The smallest absolute Gasteiger partial charge is 0.257 e. The van der Waals surface area contributed by atoms with Gasteiger partial charge in [-0.1, -0.05) is 12.1 Å². The molecule has 0 bridgehead atoms. The summed E-state index contributed by atoms with van der Waals surface area (Å²) in [7, 11) is 0. The maximum absolute atomic E-state index is 12.3. The van der Waals surface area contributed by atoms with E-state index >= 15 is 0 Å². The van der Waals surface area contributed by atoms with Crippen LogP contribution in [0, 0.1) is 0 Å². The third-order valence-electron chi connectivity index (χ3n) is 3.57. The van der Waals surface area contributed by atoms with Gasteiger partial charge in [0.1, 0.15) is 0 Å². The molecule has 4 rings (SSSR count). The molecule has 24 heavy (non-hydrogen) atoms. The third-order valence-corrected chi connectivity index (χ3v) is 3.98. The van der Waals surface area contributed by atoms with Crippen LogP contribution in [0.3, 0.4) is 0 Å². The lowest BCUT2D eigenvalue weighted by Crippen LogP contribution is -2.13. The molecule has 2 N–H and O–H groups in total. The summed E-state index contributed by atoms with van der Waals surface area (Å²) in [6.45, 7) is 0. The Morgan fingerprint density at radius 1 is 1.12 bits per heavy atom. The van der Waals surface area contributed by atoms with E-state index in [2.05, 4.69) is 36.3 Å². The quantitative estimate of drug-likeness (QED) is 0.567. The molecule has 2 aromatic carbocycles. The molecule has 0 atom stereocenters. The molecule has 0 radical (unpaired) electrons. The Bertz CT molecular complexity index is 986. The molecule has 0 saturated heterocycles. The van der Waals surface area contributed by atoms with E-state index in [0.29, 0.717) is 11.5 Å². The number of hydrogen-bond acceptors (Lipinski definition) is 3. The lowest BCUT2D eigenvalue weighted by molar-refractivity contribution is 0.102. The molecular weight excluding hydrogens is 370 g/mol. The summed E-state index contributed by atoms with van der Waals surface area (Å²) in [5.41, 5.74) is 3.12. The number of para-hydroxylation sites is 2. The van der Waals surface area contributed by atoms with E-state index in [4.69, 9.17) is 0 Å². The van der Waals surface area contributed by atoms with Gasteiger partial charge in [0.15, 0.2) is 0 Å². The van der Waals surface area contributed by atoms with Crippen LogP contribution in [-0.4, -0.2) is 25.7 Å². The fourth-order valence-corrected chi connectivity index (χ4v) is 2.68. The number of nitrogens with zero attached hydrogens (tertiary/aromatic N) is 3. The first-order chi connectivity index (χ1) is 11.7. The third kappa shape index (κ3) is 2.81. The normalized spacial score (nSPS) is 10.9. The van der Waals surface area contributed by atoms with Crippen molar-refractivity contribution in [3.05, 3.63) is 71.0 Å². The number of fused-ring (bicyclic) bond motifs is 1. The Labute approximate surface area is 145 Å². The second kappa shape index (κ2) is 5.93. The van der Waals surface area contributed by atoms with Gasteiger partial charge in [0.2, 0.25) is 5.95 Å². The number of carbonyl (C=O) groups excluding carboxylic acids is 1. The molecule has 2 heterocycles. The van der Waals surface area contributed by atoms with E-state index in [1.807, 2.05) is 42.6 Å². The highest BCUT2D eigenvalue weighted by Gasteiger charge is 2.09. The van der Waals surface area contributed by atoms with Crippen molar-refractivity contribution in [2.45, 2.75) is 0 Å². The monoisotopic (exact) mass is 381 g/mol. The van der Waals surface area contributed by atoms with E-state index in [9.17, 15) is 4.79 Å². The molecule has 0 aliphatic heterocycles. The van der Waals surface area contributed by atoms with Crippen LogP contribution in [0.4, 0.5) is 5.95 Å². The predicted octanol–water partition coefficient (Wildman–Crippen LogP) is 3.76. The molecule has 4 aromatic rings. The molecule has 0 aliphatic carbocycles. The average molecular weight is 382 g/mol. The van der Waals surface area contributed by atoms with Crippen LogP contribution in [-0.2, 0) is 0 Å². The Kier molecular flexibility index (Phi) is 3.62. The number of halogens is 1. The number of H-pyrrole nitrogens is 1. The topological polar surface area (TPSA) is 75.6 Å². The highest BCUT2D eigenvalue weighted by atomic mass is 79.9. The summed E-state index contributed by atoms with van der Waals surface area (Å²) < 4.78 is 2.62. The summed E-state index contributed by atoms with van der Waals surface area (Å²) >= 11 is 3.36. The standard InChI is InChI=1S/C17H12BrN5O/c18-12-9-19-23(10-12)13-7-5-11(6-8-13)16(24)22-17-20-14-3-1-2-4-15(14)21-17/h1-10H,(H2,20,21,22,24). The Morgan fingerprint density at radius 3 is 2.62 bits per heavy atom. The molecule has 118 valence electrons. The van der Waals surface area contributed by atoms with Gasteiger partial charge in [-0.25, -0.2) is 9.67 Å². The minimum atomic E-state index is -0.220. The highest BCUT2D eigenvalue weighted by Crippen LogP contribution is 2.16. The number of hydrogen-bond donors (Lipinski definition) is 2. The van der Waals surface area contributed by atoms with Crippen molar-refractivity contribution in [3.63, 3.8) is 0 Å². The zero-order chi connectivity index (χ0) is 16.5. The number of nitrogens with one attached hydrogen (secondary N) is 2. The van der Waals surface area contributed by atoms with Crippen LogP contribution in [0.2, 0.25) is 0 Å². The number of aromatic amines is 1. The number of amides is 1. The van der Waals surface area contributed by atoms with Crippen LogP contribution in [0.1, 0.15) is 10.4 Å². The predicted molar refractivity (Wildman–Crippen MR) is 95.3 cm³/mol. The van der Waals surface area contributed by atoms with Gasteiger partial charge in [-0.2, -0.15) is 5.10 Å². The maximum Gasteiger partial charge on any atom is 0.257 e. The van der Waals surface area contributed by atoms with Crippen LogP contribution in [0.5, 0.6) is 0 Å². The largest absolute Gasteiger partial charge is 0.324 e. The van der Waals surface area contributed by atoms with Crippen molar-refractivity contribution in [2.24, 2.45) is 0 Å². The summed E-state index contributed by atoms with van der Waals surface area (Å²) in [6.07, 6.45) is 3.56. The molecule has 2 aromatic heterocycles. The first-order valence-corrected chi connectivity index (χ1v) is 8.05. The van der Waals surface area contributed by atoms with Crippen molar-refractivity contribution in [2.75, 3.05) is 5.32 Å². The summed E-state index contributed by atoms with van der Waals surface area (Å²) in [5.74, 6) is 0.212. The summed E-state index contributed by atoms with van der Waals surface area (Å²) in [6, 6.07) is 14.8. The van der Waals surface area contributed by atoms with E-state index in [1.165, 1.54) is 0 Å². The second-order valence-electron chi connectivity index (χ2n) is 5.21. The summed E-state index contributed by atoms with van der Waals surface area (Å²) in [5, 5.41) is 6.98. The van der Waals surface area contributed by atoms with Gasteiger partial charge in [0, 0.05) is 11.8 Å². The zero-order valence-electron chi connectivity index (χ0n) is 12.4. The first kappa shape index (κ1) is 14.6. The van der Waals surface area contributed by atoms with Crippen molar-refractivity contribution in [1.29, 1.82) is 0 Å². The van der Waals surface area contributed by atoms with Crippen molar-refractivity contribution in [1.82, 2.24) is 19.7 Å². The number of carbonyl (C=O) groups is 1. The Hall–Kier alpha value is -2.93. The lowest BCUT2D eigenvalue weighted by Gasteiger charge is -2.04. The Balaban J connectivity index is 1.53. The maximum atomic E-state index is 12.3. The van der Waals surface area contributed by atoms with E-state index in [0.717, 1.165) is 21.2 Å². The van der Waals surface area contributed by atoms with E-state index < -0.39 is 0 Å². The molecule has 0 fully saturated rings. The molecular formula is C17H12BrN5O. The van der Waals surface area contributed by atoms with Crippen LogP contribution >= 0.6 is 15.9 Å². The first-order valence-electron chi connectivity index (χ1n) is 7.26. The highest BCUT2D eigenvalue weighted by molar-refractivity contribution is 9.10. The number of anilines is 1. The molecule has 0 aliphatic rings. The van der Waals surface area contributed by atoms with Gasteiger partial charge in [-0.15, -0.1) is 0 Å². The minimum Gasteiger partial charge on any atom is -0.324 e. The van der Waals surface area contributed by atoms with Crippen molar-refractivity contribution >= 4 is 38.8 Å². The number of rotatable bonds is 3. The molecule has 6 nitrogen and oxygen atoms in total. The fraction of sp³-hybridized carbons (Fsp3) is 0. The van der Waals surface area contributed by atoms with Gasteiger partial charge in [-0.05, 0) is 52.3 Å². The van der Waals surface area contributed by atoms with Gasteiger partial charge in [0.25, 0.3) is 5.91 Å². The van der Waals surface area contributed by atoms with Crippen LogP contribution in [0.25, 0.3) is 16.7 Å². The van der Waals surface area contributed by atoms with Crippen LogP contribution < -0.4 is 5.32 Å². The molecule has 1 amide bonds. The van der Waals surface area contributed by atoms with Crippen molar-refractivity contribution < 1.29 is 4.79 Å². The minimum absolute atomic E-state index is 0.220. The lowest BCUT2D eigenvalue weighted by atomic mass is 10.2. The number of benzene rings is 2. The Morgan fingerprint density at radius 2 is 1.92 bits per heavy atom. The molecule has 0 unspecified atom stereocenters. The van der Waals surface area contributed by atoms with Gasteiger partial charge in [-0.3, -0.25) is 10.1 Å². The molecule has 7 heteroatoms. The van der Waals surface area contributed by atoms with Gasteiger partial charge in [0.05, 0.1) is 27.4 Å². The van der Waals surface area contributed by atoms with Crippen molar-refractivity contribution in [3.8, 4) is 5.69 Å². The van der Waals surface area contributed by atoms with Gasteiger partial charge >= 0.3 is 0 Å². The number of aromatic nitrogens is 4. The number of imidazole rings is 1. The average Bonchev–Trinajstić information content (AvgIpc) is 3.20. The zero-order valence-corrected chi connectivity index (χ0v) is 14.0. The van der Waals surface area contributed by atoms with E-state index in [-0.39, 0.29) is 5.91 Å². The molecule has 0 spiro atoms. The SMILES string of the molecule is O=C(Nc1nc2ccccc2[nH]1)c1ccc(-n2cc(Br)cn2)cc1. The fourth-order valence-electron chi connectivity index (χ4n) is 2.40. The van der Waals surface area contributed by atoms with Crippen LogP contribution in [0.15, 0.2) is 65.4 Å². The summed E-state index contributed by atoms with van der Waals surface area (Å²) in [4.78, 5) is 19.8. The molecule has 0 saturated carbocycles.